The number of piperidine rings is 1. The second-order valence-electron chi connectivity index (χ2n) is 6.09. The molecule has 1 fully saturated rings. The number of hydrogen-bond donors (Lipinski definition) is 2. The molecule has 1 aromatic carbocycles. The molecular weight excluding hydrogens is 292 g/mol. The zero-order valence-corrected chi connectivity index (χ0v) is 13.1. The number of anilines is 1. The van der Waals surface area contributed by atoms with Crippen LogP contribution < -0.4 is 5.73 Å². The lowest BCUT2D eigenvalue weighted by molar-refractivity contribution is -0.137. The van der Waals surface area contributed by atoms with E-state index in [1.165, 1.54) is 0 Å². The first-order chi connectivity index (χ1) is 11.1. The Bertz CT molecular complexity index is 704. The van der Waals surface area contributed by atoms with Crippen molar-refractivity contribution in [2.24, 2.45) is 0 Å². The fourth-order valence-corrected chi connectivity index (χ4v) is 3.29. The minimum atomic E-state index is -0.735. The number of nitrogen functional groups attached to an aromatic ring is 1. The Hall–Kier alpha value is -2.21. The van der Waals surface area contributed by atoms with Crippen LogP contribution >= 0.6 is 0 Å². The minimum absolute atomic E-state index is 0.210. The number of likely N-dealkylation sites (tertiary alicyclic amines) is 1. The minimum Gasteiger partial charge on any atom is -0.481 e. The number of nitrogens with two attached hydrogens (primary N) is 1. The van der Waals surface area contributed by atoms with Crippen LogP contribution in [0.2, 0.25) is 0 Å². The molecular formula is C17H22N4O2. The van der Waals surface area contributed by atoms with Crippen molar-refractivity contribution in [1.29, 1.82) is 0 Å². The maximum Gasteiger partial charge on any atom is 0.303 e. The van der Waals surface area contributed by atoms with Crippen LogP contribution in [0.1, 0.15) is 37.9 Å². The lowest BCUT2D eigenvalue weighted by Crippen LogP contribution is -2.39. The average molecular weight is 314 g/mol. The van der Waals surface area contributed by atoms with Crippen LogP contribution in [0.3, 0.4) is 0 Å². The fourth-order valence-electron chi connectivity index (χ4n) is 3.29. The van der Waals surface area contributed by atoms with Crippen LogP contribution in [-0.2, 0) is 11.3 Å². The van der Waals surface area contributed by atoms with Gasteiger partial charge in [-0.15, -0.1) is 0 Å². The molecule has 0 bridgehead atoms. The summed E-state index contributed by atoms with van der Waals surface area (Å²) in [7, 11) is 0. The Labute approximate surface area is 135 Å². The van der Waals surface area contributed by atoms with Crippen molar-refractivity contribution in [3.8, 4) is 0 Å². The maximum absolute atomic E-state index is 10.8. The van der Waals surface area contributed by atoms with Gasteiger partial charge in [0.25, 0.3) is 0 Å². The van der Waals surface area contributed by atoms with Gasteiger partial charge in [0.2, 0.25) is 0 Å². The van der Waals surface area contributed by atoms with Gasteiger partial charge < -0.3 is 10.8 Å². The first kappa shape index (κ1) is 15.7. The lowest BCUT2D eigenvalue weighted by Gasteiger charge is -2.35. The highest BCUT2D eigenvalue weighted by Gasteiger charge is 2.24. The van der Waals surface area contributed by atoms with E-state index in [4.69, 9.17) is 10.8 Å². The van der Waals surface area contributed by atoms with E-state index in [2.05, 4.69) is 14.9 Å². The van der Waals surface area contributed by atoms with Gasteiger partial charge in [0.1, 0.15) is 11.6 Å². The number of aromatic nitrogens is 2. The standard InChI is InChI=1S/C17H22N4O2/c18-17-13-6-1-2-7-14(13)19-15(20-17)11-21-10-4-3-5-12(21)8-9-16(22)23/h1-2,6-7,12H,3-5,8-11H2,(H,22,23)(H2,18,19,20). The molecule has 3 N–H and O–H groups in total. The molecule has 1 saturated heterocycles. The first-order valence-corrected chi connectivity index (χ1v) is 8.10. The fraction of sp³-hybridized carbons (Fsp3) is 0.471. The Morgan fingerprint density at radius 2 is 2.13 bits per heavy atom. The van der Waals surface area contributed by atoms with Crippen LogP contribution in [0.25, 0.3) is 10.9 Å². The highest BCUT2D eigenvalue weighted by Crippen LogP contribution is 2.24. The summed E-state index contributed by atoms with van der Waals surface area (Å²) in [6.07, 6.45) is 4.21. The third-order valence-electron chi connectivity index (χ3n) is 4.46. The number of carboxylic acid groups (broad SMARTS) is 1. The van der Waals surface area contributed by atoms with E-state index in [-0.39, 0.29) is 12.5 Å². The summed E-state index contributed by atoms with van der Waals surface area (Å²) in [5.41, 5.74) is 6.90. The largest absolute Gasteiger partial charge is 0.481 e. The molecule has 6 heteroatoms. The molecule has 122 valence electrons. The van der Waals surface area contributed by atoms with Crippen molar-refractivity contribution in [3.63, 3.8) is 0 Å². The Morgan fingerprint density at radius 1 is 1.30 bits per heavy atom. The number of para-hydroxylation sites is 1. The molecule has 0 spiro atoms. The van der Waals surface area contributed by atoms with Crippen molar-refractivity contribution in [1.82, 2.24) is 14.9 Å². The van der Waals surface area contributed by atoms with E-state index in [1.807, 2.05) is 24.3 Å². The highest BCUT2D eigenvalue weighted by molar-refractivity contribution is 5.87. The van der Waals surface area contributed by atoms with E-state index >= 15 is 0 Å². The summed E-state index contributed by atoms with van der Waals surface area (Å²) in [5, 5.41) is 9.79. The summed E-state index contributed by atoms with van der Waals surface area (Å²) in [5.74, 6) is 0.481. The second-order valence-corrected chi connectivity index (χ2v) is 6.09. The molecule has 0 radical (unpaired) electrons. The van der Waals surface area contributed by atoms with Gasteiger partial charge >= 0.3 is 5.97 Å². The van der Waals surface area contributed by atoms with Crippen LogP contribution in [0, 0.1) is 0 Å². The molecule has 0 saturated carbocycles. The molecule has 2 heterocycles. The van der Waals surface area contributed by atoms with Crippen LogP contribution in [0.4, 0.5) is 5.82 Å². The van der Waals surface area contributed by atoms with Gasteiger partial charge in [-0.05, 0) is 37.9 Å². The quantitative estimate of drug-likeness (QED) is 0.880. The smallest absolute Gasteiger partial charge is 0.303 e. The summed E-state index contributed by atoms with van der Waals surface area (Å²) in [6, 6.07) is 8.01. The third-order valence-corrected chi connectivity index (χ3v) is 4.46. The van der Waals surface area contributed by atoms with Crippen molar-refractivity contribution in [3.05, 3.63) is 30.1 Å². The number of rotatable bonds is 5. The molecule has 0 amide bonds. The topological polar surface area (TPSA) is 92.3 Å². The molecule has 1 atom stereocenters. The van der Waals surface area contributed by atoms with Gasteiger partial charge in [-0.25, -0.2) is 9.97 Å². The predicted octanol–water partition coefficient (Wildman–Crippen LogP) is 2.43. The van der Waals surface area contributed by atoms with Gasteiger partial charge in [0.15, 0.2) is 0 Å². The van der Waals surface area contributed by atoms with Gasteiger partial charge in [-0.1, -0.05) is 18.6 Å². The molecule has 2 aromatic rings. The third kappa shape index (κ3) is 3.76. The highest BCUT2D eigenvalue weighted by atomic mass is 16.4. The number of carboxylic acids is 1. The monoisotopic (exact) mass is 314 g/mol. The lowest BCUT2D eigenvalue weighted by atomic mass is 9.98. The molecule has 1 unspecified atom stereocenters. The van der Waals surface area contributed by atoms with Crippen molar-refractivity contribution < 1.29 is 9.90 Å². The number of carbonyl (C=O) groups is 1. The SMILES string of the molecule is Nc1nc(CN2CCCCC2CCC(=O)O)nc2ccccc12. The van der Waals surface area contributed by atoms with E-state index in [0.717, 1.165) is 36.7 Å². The molecule has 1 aliphatic heterocycles. The van der Waals surface area contributed by atoms with E-state index in [1.54, 1.807) is 0 Å². The predicted molar refractivity (Wildman–Crippen MR) is 88.9 cm³/mol. The first-order valence-electron chi connectivity index (χ1n) is 8.10. The number of nitrogens with zero attached hydrogens (tertiary/aromatic N) is 3. The zero-order chi connectivity index (χ0) is 16.2. The van der Waals surface area contributed by atoms with E-state index in [9.17, 15) is 4.79 Å². The molecule has 1 aliphatic rings. The number of hydrogen-bond acceptors (Lipinski definition) is 5. The van der Waals surface area contributed by atoms with Gasteiger partial charge in [-0.3, -0.25) is 9.69 Å². The summed E-state index contributed by atoms with van der Waals surface area (Å²) in [4.78, 5) is 22.2. The Morgan fingerprint density at radius 3 is 2.96 bits per heavy atom. The van der Waals surface area contributed by atoms with E-state index < -0.39 is 5.97 Å². The maximum atomic E-state index is 10.8. The Kier molecular flexibility index (Phi) is 4.71. The molecule has 1 aromatic heterocycles. The normalized spacial score (nSPS) is 19.0. The van der Waals surface area contributed by atoms with Crippen molar-refractivity contribution in [2.75, 3.05) is 12.3 Å². The summed E-state index contributed by atoms with van der Waals surface area (Å²) >= 11 is 0. The summed E-state index contributed by atoms with van der Waals surface area (Å²) < 4.78 is 0. The van der Waals surface area contributed by atoms with Gasteiger partial charge in [0, 0.05) is 17.8 Å². The Balaban J connectivity index is 1.77. The summed E-state index contributed by atoms with van der Waals surface area (Å²) in [6.45, 7) is 1.58. The van der Waals surface area contributed by atoms with Gasteiger partial charge in [-0.2, -0.15) is 0 Å². The van der Waals surface area contributed by atoms with E-state index in [0.29, 0.717) is 24.6 Å². The van der Waals surface area contributed by atoms with Crippen LogP contribution in [0.15, 0.2) is 24.3 Å². The number of benzene rings is 1. The van der Waals surface area contributed by atoms with Gasteiger partial charge in [0.05, 0.1) is 12.1 Å². The average Bonchev–Trinajstić information content (AvgIpc) is 2.54. The molecule has 6 nitrogen and oxygen atoms in total. The van der Waals surface area contributed by atoms with Crippen LogP contribution in [-0.4, -0.2) is 38.5 Å². The number of fused-ring (bicyclic) bond motifs is 1. The molecule has 23 heavy (non-hydrogen) atoms. The van der Waals surface area contributed by atoms with Crippen molar-refractivity contribution in [2.45, 2.75) is 44.7 Å². The number of aliphatic carboxylic acids is 1. The van der Waals surface area contributed by atoms with Crippen LogP contribution in [0.5, 0.6) is 0 Å². The molecule has 3 rings (SSSR count). The van der Waals surface area contributed by atoms with Crippen molar-refractivity contribution >= 4 is 22.7 Å². The zero-order valence-electron chi connectivity index (χ0n) is 13.1. The molecule has 0 aliphatic carbocycles. The second kappa shape index (κ2) is 6.91.